The lowest BCUT2D eigenvalue weighted by Gasteiger charge is -2.26. The van der Waals surface area contributed by atoms with E-state index in [1.165, 1.54) is 4.90 Å². The number of nitrogens with zero attached hydrogens (tertiary/aromatic N) is 4. The van der Waals surface area contributed by atoms with Gasteiger partial charge in [0, 0.05) is 18.8 Å². The molecule has 0 saturated carbocycles. The second kappa shape index (κ2) is 4.18. The van der Waals surface area contributed by atoms with E-state index in [-0.39, 0.29) is 11.9 Å². The summed E-state index contributed by atoms with van der Waals surface area (Å²) in [5.41, 5.74) is 7.51. The zero-order chi connectivity index (χ0) is 13.4. The first-order valence-electron chi connectivity index (χ1n) is 5.58. The summed E-state index contributed by atoms with van der Waals surface area (Å²) >= 11 is 0. The predicted molar refractivity (Wildman–Crippen MR) is 67.8 cm³/mol. The molecule has 0 spiro atoms. The number of hydrogen-bond acceptors (Lipinski definition) is 3. The van der Waals surface area contributed by atoms with Gasteiger partial charge in [-0.1, -0.05) is 5.92 Å². The fraction of sp³-hybridized carbons (Fsp3) is 0.417. The molecule has 0 aliphatic carbocycles. The first-order valence-corrected chi connectivity index (χ1v) is 5.58. The summed E-state index contributed by atoms with van der Waals surface area (Å²) in [5.74, 6) is 2.80. The molecule has 1 aliphatic heterocycles. The van der Waals surface area contributed by atoms with Gasteiger partial charge in [0.25, 0.3) is 0 Å². The van der Waals surface area contributed by atoms with E-state index < -0.39 is 12.1 Å². The van der Waals surface area contributed by atoms with Gasteiger partial charge in [0.05, 0.1) is 11.7 Å². The van der Waals surface area contributed by atoms with Crippen molar-refractivity contribution in [2.24, 2.45) is 17.8 Å². The lowest BCUT2D eigenvalue weighted by Crippen LogP contribution is -2.39. The lowest BCUT2D eigenvalue weighted by atomic mass is 10.1. The maximum atomic E-state index is 11.8. The Morgan fingerprint density at radius 3 is 2.78 bits per heavy atom. The van der Waals surface area contributed by atoms with E-state index in [0.717, 1.165) is 11.3 Å². The van der Waals surface area contributed by atoms with Crippen molar-refractivity contribution in [1.82, 2.24) is 14.7 Å². The molecule has 0 aromatic carbocycles. The number of aryl methyl sites for hydroxylation is 2. The Labute approximate surface area is 105 Å². The van der Waals surface area contributed by atoms with Crippen LogP contribution in [0.3, 0.4) is 0 Å². The molecule has 6 nitrogen and oxygen atoms in total. The van der Waals surface area contributed by atoms with E-state index in [2.05, 4.69) is 16.0 Å². The number of aliphatic imine (C=N–C) groups is 1. The molecule has 6 heteroatoms. The number of urea groups is 1. The Bertz CT molecular complexity index is 566. The smallest absolute Gasteiger partial charge is 0.347 e. The third-order valence-corrected chi connectivity index (χ3v) is 3.01. The van der Waals surface area contributed by atoms with Crippen LogP contribution in [-0.2, 0) is 7.05 Å². The first-order chi connectivity index (χ1) is 8.45. The van der Waals surface area contributed by atoms with Crippen LogP contribution >= 0.6 is 0 Å². The molecule has 1 aromatic heterocycles. The third-order valence-electron chi connectivity index (χ3n) is 3.01. The average Bonchev–Trinajstić information content (AvgIpc) is 2.77. The van der Waals surface area contributed by atoms with Crippen molar-refractivity contribution in [2.75, 3.05) is 0 Å². The molecule has 2 rings (SSSR count). The number of amidine groups is 1. The van der Waals surface area contributed by atoms with Crippen molar-refractivity contribution in [3.05, 3.63) is 17.5 Å². The van der Waals surface area contributed by atoms with Crippen LogP contribution in [0.15, 0.2) is 11.2 Å². The first kappa shape index (κ1) is 12.2. The molecule has 18 heavy (non-hydrogen) atoms. The van der Waals surface area contributed by atoms with Gasteiger partial charge in [-0.15, -0.1) is 6.42 Å². The highest BCUT2D eigenvalue weighted by Crippen LogP contribution is 2.30. The fourth-order valence-electron chi connectivity index (χ4n) is 2.15. The van der Waals surface area contributed by atoms with Crippen LogP contribution in [0.2, 0.25) is 0 Å². The highest BCUT2D eigenvalue weighted by molar-refractivity contribution is 6.03. The van der Waals surface area contributed by atoms with Gasteiger partial charge in [-0.2, -0.15) is 10.1 Å². The van der Waals surface area contributed by atoms with Crippen molar-refractivity contribution >= 4 is 11.9 Å². The molecule has 2 atom stereocenters. The van der Waals surface area contributed by atoms with Gasteiger partial charge >= 0.3 is 6.03 Å². The van der Waals surface area contributed by atoms with Crippen molar-refractivity contribution in [3.63, 3.8) is 0 Å². The molecule has 0 bridgehead atoms. The van der Waals surface area contributed by atoms with Gasteiger partial charge in [-0.3, -0.25) is 9.58 Å². The van der Waals surface area contributed by atoms with Crippen molar-refractivity contribution in [1.29, 1.82) is 0 Å². The van der Waals surface area contributed by atoms with E-state index in [1.807, 2.05) is 20.2 Å². The van der Waals surface area contributed by atoms with Crippen LogP contribution in [0, 0.1) is 19.3 Å². The molecule has 2 heterocycles. The van der Waals surface area contributed by atoms with E-state index in [9.17, 15) is 4.79 Å². The summed E-state index contributed by atoms with van der Waals surface area (Å²) in [6.07, 6.45) is 7.22. The van der Waals surface area contributed by atoms with Crippen molar-refractivity contribution in [3.8, 4) is 12.3 Å². The number of carbonyl (C=O) groups excluding carboxylic acids is 1. The molecule has 0 radical (unpaired) electrons. The molecular weight excluding hydrogens is 230 g/mol. The molecule has 2 unspecified atom stereocenters. The quantitative estimate of drug-likeness (QED) is 0.774. The van der Waals surface area contributed by atoms with Crippen LogP contribution in [0.25, 0.3) is 0 Å². The van der Waals surface area contributed by atoms with Crippen molar-refractivity contribution < 1.29 is 4.79 Å². The number of carbonyl (C=O) groups is 1. The minimum Gasteiger partial charge on any atom is -0.385 e. The second-order valence-corrected chi connectivity index (χ2v) is 4.32. The summed E-state index contributed by atoms with van der Waals surface area (Å²) in [7, 11) is 1.82. The van der Waals surface area contributed by atoms with Gasteiger partial charge in [0.15, 0.2) is 0 Å². The van der Waals surface area contributed by atoms with Crippen LogP contribution < -0.4 is 5.73 Å². The average molecular weight is 245 g/mol. The SMILES string of the molecule is C#CC(C)N1C(=O)N=C(N)C1c1cn(C)nc1C. The van der Waals surface area contributed by atoms with Crippen LogP contribution in [-0.4, -0.2) is 32.6 Å². The van der Waals surface area contributed by atoms with Crippen molar-refractivity contribution in [2.45, 2.75) is 25.9 Å². The lowest BCUT2D eigenvalue weighted by molar-refractivity contribution is 0.199. The standard InChI is InChI=1S/C12H15N5O/c1-5-7(2)17-10(11(13)14-12(17)18)9-6-16(4)15-8(9)3/h1,6-7,10H,2-4H3,(H2,13,14,18). The zero-order valence-electron chi connectivity index (χ0n) is 10.6. The Kier molecular flexibility index (Phi) is 2.83. The van der Waals surface area contributed by atoms with E-state index in [0.29, 0.717) is 0 Å². The topological polar surface area (TPSA) is 76.5 Å². The predicted octanol–water partition coefficient (Wildman–Crippen LogP) is 0.584. The Morgan fingerprint density at radius 2 is 2.28 bits per heavy atom. The fourth-order valence-corrected chi connectivity index (χ4v) is 2.15. The molecule has 1 aromatic rings. The number of amides is 2. The monoisotopic (exact) mass is 245 g/mol. The Morgan fingerprint density at radius 1 is 1.61 bits per heavy atom. The Balaban J connectivity index is 2.47. The second-order valence-electron chi connectivity index (χ2n) is 4.32. The highest BCUT2D eigenvalue weighted by atomic mass is 16.2. The largest absolute Gasteiger partial charge is 0.385 e. The van der Waals surface area contributed by atoms with Crippen LogP contribution in [0.4, 0.5) is 4.79 Å². The van der Waals surface area contributed by atoms with Gasteiger partial charge in [-0.05, 0) is 13.8 Å². The zero-order valence-corrected chi connectivity index (χ0v) is 10.6. The molecule has 1 aliphatic rings. The van der Waals surface area contributed by atoms with Crippen LogP contribution in [0.5, 0.6) is 0 Å². The molecule has 0 fully saturated rings. The minimum absolute atomic E-state index is 0.262. The summed E-state index contributed by atoms with van der Waals surface area (Å²) in [4.78, 5) is 17.1. The third kappa shape index (κ3) is 1.74. The Hall–Kier alpha value is -2.29. The molecular formula is C12H15N5O. The number of terminal acetylenes is 1. The van der Waals surface area contributed by atoms with Gasteiger partial charge < -0.3 is 5.73 Å². The number of aromatic nitrogens is 2. The highest BCUT2D eigenvalue weighted by Gasteiger charge is 2.38. The van der Waals surface area contributed by atoms with E-state index in [4.69, 9.17) is 12.2 Å². The summed E-state index contributed by atoms with van der Waals surface area (Å²) in [6, 6.07) is -1.18. The molecule has 94 valence electrons. The number of nitrogens with two attached hydrogens (primary N) is 1. The maximum Gasteiger partial charge on any atom is 0.347 e. The van der Waals surface area contributed by atoms with Crippen LogP contribution in [0.1, 0.15) is 24.2 Å². The molecule has 2 amide bonds. The number of hydrogen-bond donors (Lipinski definition) is 1. The maximum absolute atomic E-state index is 11.8. The summed E-state index contributed by atoms with van der Waals surface area (Å²) in [5, 5.41) is 4.25. The molecule has 0 saturated heterocycles. The number of rotatable bonds is 2. The van der Waals surface area contributed by atoms with E-state index >= 15 is 0 Å². The minimum atomic E-state index is -0.419. The normalized spacial score (nSPS) is 20.8. The summed E-state index contributed by atoms with van der Waals surface area (Å²) in [6.45, 7) is 3.63. The van der Waals surface area contributed by atoms with E-state index in [1.54, 1.807) is 11.6 Å². The van der Waals surface area contributed by atoms with Gasteiger partial charge in [0.2, 0.25) is 0 Å². The van der Waals surface area contributed by atoms with Gasteiger partial charge in [0.1, 0.15) is 11.9 Å². The van der Waals surface area contributed by atoms with Gasteiger partial charge in [-0.25, -0.2) is 4.79 Å². The molecule has 2 N–H and O–H groups in total. The summed E-state index contributed by atoms with van der Waals surface area (Å²) < 4.78 is 1.68.